The van der Waals surface area contributed by atoms with Crippen molar-refractivity contribution in [3.05, 3.63) is 78.3 Å². The Hall–Kier alpha value is -3.43. The number of nitrogens with zero attached hydrogens (tertiary/aromatic N) is 5. The summed E-state index contributed by atoms with van der Waals surface area (Å²) in [5.41, 5.74) is 13.8. The van der Waals surface area contributed by atoms with Crippen molar-refractivity contribution in [1.29, 1.82) is 5.26 Å². The standard InChI is InChI=1S/C26H30N6/c1-3-29-25(8-4-5-13-27)32-17-20(15-30-32)16-31-14-6-7-21(18-31)23-12-11-22-19(2)9-10-24(22)26(23)28/h3-4,8,11-12,15,17,21H,1-2,5-7,9-10,14,16,18,28H2/b8-4-,29-25+. The van der Waals surface area contributed by atoms with Gasteiger partial charge in [0, 0.05) is 36.7 Å². The Morgan fingerprint density at radius 3 is 3.06 bits per heavy atom. The molecule has 2 aliphatic rings. The molecule has 0 bridgehead atoms. The van der Waals surface area contributed by atoms with E-state index in [0.29, 0.717) is 18.2 Å². The highest BCUT2D eigenvalue weighted by Crippen LogP contribution is 2.40. The average Bonchev–Trinajstić information content (AvgIpc) is 3.41. The number of fused-ring (bicyclic) bond motifs is 1. The molecule has 1 fully saturated rings. The van der Waals surface area contributed by atoms with Gasteiger partial charge in [0.15, 0.2) is 5.84 Å². The van der Waals surface area contributed by atoms with Gasteiger partial charge >= 0.3 is 0 Å². The zero-order chi connectivity index (χ0) is 22.5. The summed E-state index contributed by atoms with van der Waals surface area (Å²) in [5, 5.41) is 13.2. The molecule has 1 unspecified atom stereocenters. The van der Waals surface area contributed by atoms with Crippen molar-refractivity contribution in [3.63, 3.8) is 0 Å². The van der Waals surface area contributed by atoms with Crippen molar-refractivity contribution in [2.45, 2.75) is 44.6 Å². The van der Waals surface area contributed by atoms with Crippen LogP contribution in [0.1, 0.15) is 53.9 Å². The SMILES string of the molecule is C=C/N=C(\C=C/CC#N)n1cc(CN2CCCC(c3ccc4c(c3N)CCC4=C)C2)cn1. The first kappa shape index (κ1) is 21.8. The van der Waals surface area contributed by atoms with Gasteiger partial charge in [0.2, 0.25) is 0 Å². The number of piperidine rings is 1. The minimum absolute atomic E-state index is 0.333. The number of hydrogen-bond donors (Lipinski definition) is 1. The topological polar surface area (TPSA) is 83.2 Å². The lowest BCUT2D eigenvalue weighted by molar-refractivity contribution is 0.200. The first-order chi connectivity index (χ1) is 15.6. The summed E-state index contributed by atoms with van der Waals surface area (Å²) < 4.78 is 1.73. The first-order valence-electron chi connectivity index (χ1n) is 11.2. The quantitative estimate of drug-likeness (QED) is 0.413. The summed E-state index contributed by atoms with van der Waals surface area (Å²) in [7, 11) is 0. The van der Waals surface area contributed by atoms with Crippen molar-refractivity contribution in [3.8, 4) is 6.07 Å². The summed E-state index contributed by atoms with van der Waals surface area (Å²) in [6, 6.07) is 6.54. The fourth-order valence-electron chi connectivity index (χ4n) is 4.82. The fraction of sp³-hybridized carbons (Fsp3) is 0.346. The van der Waals surface area contributed by atoms with Gasteiger partial charge in [-0.05, 0) is 66.5 Å². The van der Waals surface area contributed by atoms with Gasteiger partial charge in [-0.1, -0.05) is 31.4 Å². The molecule has 0 amide bonds. The van der Waals surface area contributed by atoms with Crippen LogP contribution in [0.3, 0.4) is 0 Å². The van der Waals surface area contributed by atoms with Crippen LogP contribution in [0, 0.1) is 11.3 Å². The molecule has 0 spiro atoms. The molecule has 1 aliphatic heterocycles. The molecule has 1 aromatic carbocycles. The van der Waals surface area contributed by atoms with Crippen LogP contribution < -0.4 is 5.73 Å². The number of anilines is 1. The smallest absolute Gasteiger partial charge is 0.152 e. The molecule has 0 radical (unpaired) electrons. The van der Waals surface area contributed by atoms with Crippen LogP contribution in [0.25, 0.3) is 5.57 Å². The number of nitrogen functional groups attached to an aromatic ring is 1. The van der Waals surface area contributed by atoms with Crippen molar-refractivity contribution >= 4 is 17.1 Å². The van der Waals surface area contributed by atoms with E-state index in [9.17, 15) is 0 Å². The third kappa shape index (κ3) is 4.58. The molecule has 1 atom stereocenters. The van der Waals surface area contributed by atoms with Gasteiger partial charge < -0.3 is 5.73 Å². The van der Waals surface area contributed by atoms with Crippen molar-refractivity contribution < 1.29 is 0 Å². The van der Waals surface area contributed by atoms with E-state index in [1.165, 1.54) is 34.9 Å². The monoisotopic (exact) mass is 426 g/mol. The Bertz CT molecular complexity index is 1110. The molecule has 1 aromatic heterocycles. The molecule has 1 aliphatic carbocycles. The van der Waals surface area contributed by atoms with Crippen LogP contribution in [-0.4, -0.2) is 33.6 Å². The van der Waals surface area contributed by atoms with Gasteiger partial charge in [-0.15, -0.1) is 0 Å². The number of benzene rings is 1. The summed E-state index contributed by atoms with van der Waals surface area (Å²) in [4.78, 5) is 6.76. The third-order valence-electron chi connectivity index (χ3n) is 6.37. The van der Waals surface area contributed by atoms with Gasteiger partial charge in [0.1, 0.15) is 0 Å². The zero-order valence-corrected chi connectivity index (χ0v) is 18.5. The number of aromatic nitrogens is 2. The lowest BCUT2D eigenvalue weighted by atomic mass is 9.87. The fourth-order valence-corrected chi connectivity index (χ4v) is 4.82. The molecule has 6 nitrogen and oxygen atoms in total. The van der Waals surface area contributed by atoms with E-state index in [1.54, 1.807) is 16.8 Å². The number of allylic oxidation sites excluding steroid dienone is 3. The van der Waals surface area contributed by atoms with Gasteiger partial charge in [-0.3, -0.25) is 4.90 Å². The van der Waals surface area contributed by atoms with E-state index in [4.69, 9.17) is 11.0 Å². The van der Waals surface area contributed by atoms with Crippen molar-refractivity contribution in [2.75, 3.05) is 18.8 Å². The molecule has 32 heavy (non-hydrogen) atoms. The summed E-state index contributed by atoms with van der Waals surface area (Å²) in [5.74, 6) is 1.09. The summed E-state index contributed by atoms with van der Waals surface area (Å²) >= 11 is 0. The zero-order valence-electron chi connectivity index (χ0n) is 18.5. The molecular weight excluding hydrogens is 396 g/mol. The minimum Gasteiger partial charge on any atom is -0.398 e. The van der Waals surface area contributed by atoms with E-state index in [0.717, 1.165) is 50.1 Å². The van der Waals surface area contributed by atoms with Crippen molar-refractivity contribution in [2.24, 2.45) is 4.99 Å². The number of nitrogens with two attached hydrogens (primary N) is 1. The Morgan fingerprint density at radius 2 is 2.25 bits per heavy atom. The Kier molecular flexibility index (Phi) is 6.67. The van der Waals surface area contributed by atoms with E-state index < -0.39 is 0 Å². The van der Waals surface area contributed by atoms with Crippen LogP contribution in [-0.2, 0) is 13.0 Å². The first-order valence-corrected chi connectivity index (χ1v) is 11.2. The second-order valence-corrected chi connectivity index (χ2v) is 8.50. The maximum absolute atomic E-state index is 8.74. The van der Waals surface area contributed by atoms with Crippen LogP contribution in [0.15, 0.2) is 61.0 Å². The second kappa shape index (κ2) is 9.80. The molecule has 2 N–H and O–H groups in total. The highest BCUT2D eigenvalue weighted by molar-refractivity contribution is 5.94. The minimum atomic E-state index is 0.333. The van der Waals surface area contributed by atoms with E-state index in [2.05, 4.69) is 46.4 Å². The molecule has 2 aromatic rings. The number of hydrogen-bond acceptors (Lipinski definition) is 5. The maximum atomic E-state index is 8.74. The molecule has 6 heteroatoms. The Balaban J connectivity index is 1.45. The number of likely N-dealkylation sites (tertiary alicyclic amines) is 1. The van der Waals surface area contributed by atoms with E-state index >= 15 is 0 Å². The summed E-state index contributed by atoms with van der Waals surface area (Å²) in [6.45, 7) is 10.7. The molecule has 4 rings (SSSR count). The lowest BCUT2D eigenvalue weighted by Gasteiger charge is -2.33. The Labute approximate surface area is 190 Å². The predicted octanol–water partition coefficient (Wildman–Crippen LogP) is 4.66. The molecule has 2 heterocycles. The maximum Gasteiger partial charge on any atom is 0.152 e. The van der Waals surface area contributed by atoms with Crippen LogP contribution >= 0.6 is 0 Å². The number of rotatable bonds is 6. The molecule has 0 saturated carbocycles. The van der Waals surface area contributed by atoms with Gasteiger partial charge in [0.05, 0.1) is 18.7 Å². The van der Waals surface area contributed by atoms with Gasteiger partial charge in [-0.25, -0.2) is 9.67 Å². The predicted molar refractivity (Wildman–Crippen MR) is 130 cm³/mol. The highest BCUT2D eigenvalue weighted by atomic mass is 15.3. The number of nitriles is 1. The third-order valence-corrected chi connectivity index (χ3v) is 6.37. The highest BCUT2D eigenvalue weighted by Gasteiger charge is 2.26. The number of aliphatic imine (C=N–C) groups is 1. The Morgan fingerprint density at radius 1 is 1.38 bits per heavy atom. The summed E-state index contributed by atoms with van der Waals surface area (Å²) in [6.07, 6.45) is 13.6. The van der Waals surface area contributed by atoms with Gasteiger partial charge in [0.25, 0.3) is 0 Å². The normalized spacial score (nSPS) is 19.3. The second-order valence-electron chi connectivity index (χ2n) is 8.50. The molecular formula is C26H30N6. The van der Waals surface area contributed by atoms with Crippen molar-refractivity contribution in [1.82, 2.24) is 14.7 Å². The average molecular weight is 427 g/mol. The molecule has 164 valence electrons. The van der Waals surface area contributed by atoms with Crippen LogP contribution in [0.5, 0.6) is 0 Å². The molecule has 1 saturated heterocycles. The lowest BCUT2D eigenvalue weighted by Crippen LogP contribution is -2.34. The van der Waals surface area contributed by atoms with Crippen LogP contribution in [0.4, 0.5) is 5.69 Å². The van der Waals surface area contributed by atoms with Gasteiger partial charge in [-0.2, -0.15) is 10.4 Å². The van der Waals surface area contributed by atoms with E-state index in [-0.39, 0.29) is 0 Å². The van der Waals surface area contributed by atoms with E-state index in [1.807, 2.05) is 12.4 Å². The largest absolute Gasteiger partial charge is 0.398 e. The van der Waals surface area contributed by atoms with Crippen LogP contribution in [0.2, 0.25) is 0 Å².